The van der Waals surface area contributed by atoms with E-state index in [4.69, 9.17) is 4.52 Å². The van der Waals surface area contributed by atoms with Crippen molar-refractivity contribution in [2.45, 2.75) is 37.1 Å². The molecular formula is C13H16FN3OS. The third kappa shape index (κ3) is 4.65. The number of rotatable bonds is 6. The Labute approximate surface area is 115 Å². The molecule has 1 N–H and O–H groups in total. The van der Waals surface area contributed by atoms with E-state index in [0.717, 1.165) is 4.90 Å². The first-order valence-electron chi connectivity index (χ1n) is 6.06. The lowest BCUT2D eigenvalue weighted by Gasteiger charge is -2.02. The van der Waals surface area contributed by atoms with Crippen molar-refractivity contribution in [1.29, 1.82) is 0 Å². The van der Waals surface area contributed by atoms with Crippen LogP contribution in [0.4, 0.5) is 4.39 Å². The highest BCUT2D eigenvalue weighted by atomic mass is 32.2. The molecule has 0 aliphatic heterocycles. The second-order valence-corrected chi connectivity index (χ2v) is 5.43. The minimum atomic E-state index is -0.231. The Morgan fingerprint density at radius 1 is 1.32 bits per heavy atom. The Kier molecular flexibility index (Phi) is 4.93. The predicted molar refractivity (Wildman–Crippen MR) is 72.2 cm³/mol. The lowest BCUT2D eigenvalue weighted by molar-refractivity contribution is 0.358. The molecule has 2 aromatic rings. The fourth-order valence-corrected chi connectivity index (χ4v) is 2.13. The van der Waals surface area contributed by atoms with Gasteiger partial charge in [-0.2, -0.15) is 4.98 Å². The standard InChI is InChI=1S/C13H16FN3OS/c1-9(2)15-7-13-16-12(17-18-13)8-19-11-5-3-10(14)4-6-11/h3-6,9,15H,7-8H2,1-2H3. The van der Waals surface area contributed by atoms with Crippen LogP contribution in [0.5, 0.6) is 0 Å². The maximum absolute atomic E-state index is 12.7. The molecule has 0 saturated carbocycles. The first-order valence-corrected chi connectivity index (χ1v) is 7.05. The zero-order valence-electron chi connectivity index (χ0n) is 10.9. The molecule has 0 radical (unpaired) electrons. The van der Waals surface area contributed by atoms with E-state index in [1.54, 1.807) is 23.9 Å². The van der Waals surface area contributed by atoms with E-state index in [2.05, 4.69) is 29.3 Å². The third-order valence-electron chi connectivity index (χ3n) is 2.35. The Morgan fingerprint density at radius 3 is 2.74 bits per heavy atom. The van der Waals surface area contributed by atoms with Crippen LogP contribution in [0.15, 0.2) is 33.7 Å². The van der Waals surface area contributed by atoms with Gasteiger partial charge in [0.15, 0.2) is 5.82 Å². The summed E-state index contributed by atoms with van der Waals surface area (Å²) in [6.45, 7) is 4.69. The molecule has 0 amide bonds. The van der Waals surface area contributed by atoms with E-state index in [1.807, 2.05) is 0 Å². The fourth-order valence-electron chi connectivity index (χ4n) is 1.39. The summed E-state index contributed by atoms with van der Waals surface area (Å²) in [5.74, 6) is 1.61. The molecule has 102 valence electrons. The minimum Gasteiger partial charge on any atom is -0.338 e. The van der Waals surface area contributed by atoms with Gasteiger partial charge in [0.1, 0.15) is 5.82 Å². The summed E-state index contributed by atoms with van der Waals surface area (Å²) in [6, 6.07) is 6.74. The highest BCUT2D eigenvalue weighted by Crippen LogP contribution is 2.21. The molecule has 0 unspecified atom stereocenters. The molecule has 19 heavy (non-hydrogen) atoms. The monoisotopic (exact) mass is 281 g/mol. The van der Waals surface area contributed by atoms with Crippen molar-refractivity contribution >= 4 is 11.8 Å². The van der Waals surface area contributed by atoms with Crippen molar-refractivity contribution in [2.75, 3.05) is 0 Å². The number of nitrogens with one attached hydrogen (secondary N) is 1. The van der Waals surface area contributed by atoms with Gasteiger partial charge in [-0.05, 0) is 24.3 Å². The van der Waals surface area contributed by atoms with E-state index in [0.29, 0.717) is 30.1 Å². The zero-order valence-corrected chi connectivity index (χ0v) is 11.7. The highest BCUT2D eigenvalue weighted by Gasteiger charge is 2.07. The van der Waals surface area contributed by atoms with Crippen molar-refractivity contribution in [1.82, 2.24) is 15.5 Å². The second-order valence-electron chi connectivity index (χ2n) is 4.38. The van der Waals surface area contributed by atoms with Crippen LogP contribution >= 0.6 is 11.8 Å². The number of aromatic nitrogens is 2. The lowest BCUT2D eigenvalue weighted by atomic mass is 10.4. The van der Waals surface area contributed by atoms with Gasteiger partial charge in [0, 0.05) is 10.9 Å². The van der Waals surface area contributed by atoms with Gasteiger partial charge in [-0.3, -0.25) is 0 Å². The maximum Gasteiger partial charge on any atom is 0.240 e. The molecule has 1 aromatic carbocycles. The average molecular weight is 281 g/mol. The number of thioether (sulfide) groups is 1. The number of nitrogens with zero attached hydrogens (tertiary/aromatic N) is 2. The van der Waals surface area contributed by atoms with E-state index < -0.39 is 0 Å². The third-order valence-corrected chi connectivity index (χ3v) is 3.36. The Bertz CT molecular complexity index is 513. The number of halogens is 1. The summed E-state index contributed by atoms with van der Waals surface area (Å²) in [5, 5.41) is 7.12. The lowest BCUT2D eigenvalue weighted by Crippen LogP contribution is -2.21. The molecule has 6 heteroatoms. The highest BCUT2D eigenvalue weighted by molar-refractivity contribution is 7.98. The van der Waals surface area contributed by atoms with Gasteiger partial charge in [-0.1, -0.05) is 19.0 Å². The molecule has 0 fully saturated rings. The molecule has 0 saturated heterocycles. The summed E-state index contributed by atoms with van der Waals surface area (Å²) in [7, 11) is 0. The number of hydrogen-bond acceptors (Lipinski definition) is 5. The molecule has 0 bridgehead atoms. The first-order chi connectivity index (χ1) is 9.13. The fraction of sp³-hybridized carbons (Fsp3) is 0.385. The van der Waals surface area contributed by atoms with Crippen LogP contribution in [-0.2, 0) is 12.3 Å². The largest absolute Gasteiger partial charge is 0.338 e. The Morgan fingerprint density at radius 2 is 2.05 bits per heavy atom. The normalized spacial score (nSPS) is 11.2. The van der Waals surface area contributed by atoms with Crippen LogP contribution in [0, 0.1) is 5.82 Å². The zero-order chi connectivity index (χ0) is 13.7. The van der Waals surface area contributed by atoms with E-state index >= 15 is 0 Å². The van der Waals surface area contributed by atoms with Gasteiger partial charge >= 0.3 is 0 Å². The van der Waals surface area contributed by atoms with Crippen LogP contribution in [0.2, 0.25) is 0 Å². The average Bonchev–Trinajstić information content (AvgIpc) is 2.84. The van der Waals surface area contributed by atoms with E-state index in [9.17, 15) is 4.39 Å². The van der Waals surface area contributed by atoms with Crippen LogP contribution < -0.4 is 5.32 Å². The summed E-state index contributed by atoms with van der Waals surface area (Å²) in [6.07, 6.45) is 0. The Hall–Kier alpha value is -1.40. The first kappa shape index (κ1) is 14.0. The molecule has 0 aliphatic rings. The van der Waals surface area contributed by atoms with E-state index in [1.165, 1.54) is 12.1 Å². The maximum atomic E-state index is 12.7. The number of hydrogen-bond donors (Lipinski definition) is 1. The van der Waals surface area contributed by atoms with Crippen LogP contribution in [-0.4, -0.2) is 16.2 Å². The molecule has 0 spiro atoms. The van der Waals surface area contributed by atoms with Gasteiger partial charge in [-0.15, -0.1) is 11.8 Å². The van der Waals surface area contributed by atoms with Crippen molar-refractivity contribution in [2.24, 2.45) is 0 Å². The minimum absolute atomic E-state index is 0.231. The van der Waals surface area contributed by atoms with Gasteiger partial charge in [0.25, 0.3) is 0 Å². The summed E-state index contributed by atoms with van der Waals surface area (Å²) >= 11 is 1.55. The van der Waals surface area contributed by atoms with Crippen molar-refractivity contribution < 1.29 is 8.91 Å². The SMILES string of the molecule is CC(C)NCc1nc(CSc2ccc(F)cc2)no1. The van der Waals surface area contributed by atoms with Gasteiger partial charge in [0.05, 0.1) is 12.3 Å². The quantitative estimate of drug-likeness (QED) is 0.825. The molecular weight excluding hydrogens is 265 g/mol. The van der Waals surface area contributed by atoms with Crippen molar-refractivity contribution in [3.05, 3.63) is 41.8 Å². The molecule has 1 aromatic heterocycles. The van der Waals surface area contributed by atoms with Crippen LogP contribution in [0.25, 0.3) is 0 Å². The van der Waals surface area contributed by atoms with Gasteiger partial charge in [0.2, 0.25) is 5.89 Å². The van der Waals surface area contributed by atoms with Crippen molar-refractivity contribution in [3.63, 3.8) is 0 Å². The summed E-state index contributed by atoms with van der Waals surface area (Å²) in [5.41, 5.74) is 0. The molecule has 2 rings (SSSR count). The summed E-state index contributed by atoms with van der Waals surface area (Å²) in [4.78, 5) is 5.26. The molecule has 0 atom stereocenters. The van der Waals surface area contributed by atoms with Gasteiger partial charge < -0.3 is 9.84 Å². The smallest absolute Gasteiger partial charge is 0.240 e. The molecule has 4 nitrogen and oxygen atoms in total. The summed E-state index contributed by atoms with van der Waals surface area (Å²) < 4.78 is 17.9. The predicted octanol–water partition coefficient (Wildman–Crippen LogP) is 3.00. The topological polar surface area (TPSA) is 51.0 Å². The molecule has 1 heterocycles. The number of benzene rings is 1. The second kappa shape index (κ2) is 6.68. The van der Waals surface area contributed by atoms with Gasteiger partial charge in [-0.25, -0.2) is 4.39 Å². The van der Waals surface area contributed by atoms with Crippen LogP contribution in [0.1, 0.15) is 25.6 Å². The molecule has 0 aliphatic carbocycles. The Balaban J connectivity index is 1.84. The van der Waals surface area contributed by atoms with Crippen molar-refractivity contribution in [3.8, 4) is 0 Å². The van der Waals surface area contributed by atoms with Crippen LogP contribution in [0.3, 0.4) is 0 Å². The van der Waals surface area contributed by atoms with E-state index in [-0.39, 0.29) is 5.82 Å².